The summed E-state index contributed by atoms with van der Waals surface area (Å²) in [6.45, 7) is 13.0. The Morgan fingerprint density at radius 1 is 0.909 bits per heavy atom. The molecule has 0 bridgehead atoms. The topological polar surface area (TPSA) is 140 Å². The molecule has 0 aliphatic heterocycles. The number of carboxylic acids is 1. The Kier molecular flexibility index (Phi) is 9.41. The molecule has 0 radical (unpaired) electrons. The second kappa shape index (κ2) is 11.1. The first kappa shape index (κ1) is 27.9. The molecule has 3 N–H and O–H groups in total. The number of esters is 2. The van der Waals surface area contributed by atoms with Crippen LogP contribution in [-0.4, -0.2) is 40.2 Å². The van der Waals surface area contributed by atoms with Crippen LogP contribution in [0.4, 0.5) is 4.79 Å². The largest absolute Gasteiger partial charge is 0.480 e. The van der Waals surface area contributed by atoms with Crippen molar-refractivity contribution < 1.29 is 38.5 Å². The lowest BCUT2D eigenvalue weighted by molar-refractivity contribution is -0.144. The SMILES string of the molecule is CC(C)C(=O)Oc1ccc(C[C@](C)(NNC(=O)OC(C)(C)C)C(=O)O)cc1OC(=O)C(C)C. The molecule has 1 amide bonds. The number of ether oxygens (including phenoxy) is 3. The predicted molar refractivity (Wildman–Crippen MR) is 120 cm³/mol. The van der Waals surface area contributed by atoms with Crippen LogP contribution in [0.15, 0.2) is 18.2 Å². The summed E-state index contributed by atoms with van der Waals surface area (Å²) < 4.78 is 15.8. The van der Waals surface area contributed by atoms with E-state index in [4.69, 9.17) is 14.2 Å². The summed E-state index contributed by atoms with van der Waals surface area (Å²) in [5.74, 6) is -3.10. The van der Waals surface area contributed by atoms with Gasteiger partial charge in [-0.25, -0.2) is 10.2 Å². The van der Waals surface area contributed by atoms with Gasteiger partial charge in [0.1, 0.15) is 11.1 Å². The fourth-order valence-corrected chi connectivity index (χ4v) is 2.35. The molecular weight excluding hydrogens is 432 g/mol. The van der Waals surface area contributed by atoms with Crippen LogP contribution in [-0.2, 0) is 25.5 Å². The van der Waals surface area contributed by atoms with Crippen molar-refractivity contribution in [3.8, 4) is 11.5 Å². The Bertz CT molecular complexity index is 889. The highest BCUT2D eigenvalue weighted by Crippen LogP contribution is 2.31. The first-order valence-electron chi connectivity index (χ1n) is 10.6. The normalized spacial score (nSPS) is 13.3. The summed E-state index contributed by atoms with van der Waals surface area (Å²) in [4.78, 5) is 48.1. The van der Waals surface area contributed by atoms with E-state index in [9.17, 15) is 24.3 Å². The minimum atomic E-state index is -1.63. The molecule has 1 rings (SSSR count). The number of carbonyl (C=O) groups is 4. The second-order valence-electron chi connectivity index (χ2n) is 9.50. The maximum absolute atomic E-state index is 12.1. The standard InChI is InChI=1S/C23H34N2O8/c1-13(2)18(26)31-16-10-9-15(11-17(16)32-19(27)14(3)4)12-23(8,20(28)29)25-24-21(30)33-22(5,6)7/h9-11,13-14,25H,12H2,1-8H3,(H,24,30)(H,28,29)/t23-/m0/s1. The number of nitrogens with one attached hydrogen (secondary N) is 2. The van der Waals surface area contributed by atoms with E-state index in [-0.39, 0.29) is 17.9 Å². The van der Waals surface area contributed by atoms with Crippen molar-refractivity contribution in [3.05, 3.63) is 23.8 Å². The Balaban J connectivity index is 3.17. The van der Waals surface area contributed by atoms with Crippen LogP contribution >= 0.6 is 0 Å². The molecule has 10 heteroatoms. The summed E-state index contributed by atoms with van der Waals surface area (Å²) in [5, 5.41) is 9.75. The number of amides is 1. The Morgan fingerprint density at radius 2 is 1.42 bits per heavy atom. The van der Waals surface area contributed by atoms with Crippen molar-refractivity contribution in [2.45, 2.75) is 73.0 Å². The zero-order valence-corrected chi connectivity index (χ0v) is 20.4. The number of hydrogen-bond acceptors (Lipinski definition) is 8. The van der Waals surface area contributed by atoms with E-state index in [2.05, 4.69) is 10.9 Å². The Morgan fingerprint density at radius 3 is 1.88 bits per heavy atom. The van der Waals surface area contributed by atoms with Gasteiger partial charge >= 0.3 is 24.0 Å². The van der Waals surface area contributed by atoms with Gasteiger partial charge in [-0.3, -0.25) is 19.8 Å². The molecule has 0 aliphatic rings. The Hall–Kier alpha value is -3.14. The summed E-state index contributed by atoms with van der Waals surface area (Å²) in [5.41, 5.74) is 2.80. The van der Waals surface area contributed by atoms with Gasteiger partial charge in [-0.05, 0) is 45.4 Å². The molecule has 0 fully saturated rings. The predicted octanol–water partition coefficient (Wildman–Crippen LogP) is 3.22. The molecule has 1 aromatic carbocycles. The van der Waals surface area contributed by atoms with E-state index in [1.807, 2.05) is 0 Å². The van der Waals surface area contributed by atoms with Crippen LogP contribution in [0.25, 0.3) is 0 Å². The highest BCUT2D eigenvalue weighted by atomic mass is 16.6. The smallest absolute Gasteiger partial charge is 0.422 e. The summed E-state index contributed by atoms with van der Waals surface area (Å²) in [6, 6.07) is 4.41. The fourth-order valence-electron chi connectivity index (χ4n) is 2.35. The van der Waals surface area contributed by atoms with Crippen LogP contribution in [0.2, 0.25) is 0 Å². The zero-order valence-electron chi connectivity index (χ0n) is 20.4. The Labute approximate surface area is 193 Å². The van der Waals surface area contributed by atoms with Gasteiger partial charge in [0.05, 0.1) is 11.8 Å². The van der Waals surface area contributed by atoms with E-state index in [1.54, 1.807) is 54.5 Å². The van der Waals surface area contributed by atoms with Gasteiger partial charge in [-0.1, -0.05) is 33.8 Å². The highest BCUT2D eigenvalue weighted by Gasteiger charge is 2.35. The third kappa shape index (κ3) is 9.09. The van der Waals surface area contributed by atoms with Crippen molar-refractivity contribution in [1.29, 1.82) is 0 Å². The summed E-state index contributed by atoms with van der Waals surface area (Å²) >= 11 is 0. The lowest BCUT2D eigenvalue weighted by Gasteiger charge is -2.28. The first-order chi connectivity index (χ1) is 15.0. The summed E-state index contributed by atoms with van der Waals surface area (Å²) in [6.07, 6.45) is -0.944. The van der Waals surface area contributed by atoms with Gasteiger partial charge in [-0.15, -0.1) is 0 Å². The molecule has 0 spiro atoms. The van der Waals surface area contributed by atoms with Crippen LogP contribution < -0.4 is 20.3 Å². The quantitative estimate of drug-likeness (QED) is 0.284. The monoisotopic (exact) mass is 466 g/mol. The molecule has 0 aliphatic carbocycles. The average molecular weight is 467 g/mol. The number of carboxylic acid groups (broad SMARTS) is 1. The minimum absolute atomic E-state index is 0.00644. The van der Waals surface area contributed by atoms with Crippen molar-refractivity contribution in [2.24, 2.45) is 11.8 Å². The molecule has 184 valence electrons. The molecule has 0 aromatic heterocycles. The lowest BCUT2D eigenvalue weighted by Crippen LogP contribution is -2.59. The van der Waals surface area contributed by atoms with E-state index in [0.717, 1.165) is 0 Å². The molecule has 1 aromatic rings. The molecular formula is C23H34N2O8. The zero-order chi connectivity index (χ0) is 25.6. The van der Waals surface area contributed by atoms with Crippen molar-refractivity contribution in [2.75, 3.05) is 0 Å². The maximum Gasteiger partial charge on any atom is 0.422 e. The molecule has 0 heterocycles. The number of aliphatic carboxylic acids is 1. The maximum atomic E-state index is 12.1. The number of hydrazine groups is 1. The fraction of sp³-hybridized carbons (Fsp3) is 0.565. The van der Waals surface area contributed by atoms with E-state index in [0.29, 0.717) is 5.56 Å². The van der Waals surface area contributed by atoms with Gasteiger partial charge in [0.15, 0.2) is 11.5 Å². The van der Waals surface area contributed by atoms with Crippen molar-refractivity contribution >= 4 is 24.0 Å². The number of rotatable bonds is 9. The van der Waals surface area contributed by atoms with Crippen LogP contribution in [0, 0.1) is 11.8 Å². The second-order valence-corrected chi connectivity index (χ2v) is 9.50. The van der Waals surface area contributed by atoms with Crippen LogP contribution in [0.3, 0.4) is 0 Å². The van der Waals surface area contributed by atoms with E-state index >= 15 is 0 Å². The highest BCUT2D eigenvalue weighted by molar-refractivity contribution is 5.80. The minimum Gasteiger partial charge on any atom is -0.480 e. The third-order valence-corrected chi connectivity index (χ3v) is 4.24. The van der Waals surface area contributed by atoms with Crippen LogP contribution in [0.5, 0.6) is 11.5 Å². The van der Waals surface area contributed by atoms with Gasteiger partial charge in [0.2, 0.25) is 0 Å². The third-order valence-electron chi connectivity index (χ3n) is 4.24. The molecule has 1 atom stereocenters. The molecule has 0 saturated heterocycles. The molecule has 10 nitrogen and oxygen atoms in total. The number of carbonyl (C=O) groups excluding carboxylic acids is 3. The van der Waals surface area contributed by atoms with Gasteiger partial charge in [-0.2, -0.15) is 0 Å². The first-order valence-corrected chi connectivity index (χ1v) is 10.6. The van der Waals surface area contributed by atoms with E-state index in [1.165, 1.54) is 19.1 Å². The summed E-state index contributed by atoms with van der Waals surface area (Å²) in [7, 11) is 0. The number of hydrogen-bond donors (Lipinski definition) is 3. The molecule has 33 heavy (non-hydrogen) atoms. The lowest BCUT2D eigenvalue weighted by atomic mass is 9.93. The van der Waals surface area contributed by atoms with Crippen molar-refractivity contribution in [3.63, 3.8) is 0 Å². The van der Waals surface area contributed by atoms with E-state index < -0.39 is 47.0 Å². The van der Waals surface area contributed by atoms with Gasteiger partial charge in [0.25, 0.3) is 0 Å². The molecule has 0 unspecified atom stereocenters. The average Bonchev–Trinajstić information content (AvgIpc) is 2.66. The van der Waals surface area contributed by atoms with Gasteiger partial charge < -0.3 is 19.3 Å². The molecule has 0 saturated carbocycles. The van der Waals surface area contributed by atoms with Crippen LogP contribution in [0.1, 0.15) is 61.0 Å². The number of benzene rings is 1. The van der Waals surface area contributed by atoms with Crippen molar-refractivity contribution in [1.82, 2.24) is 10.9 Å². The van der Waals surface area contributed by atoms with Gasteiger partial charge in [0, 0.05) is 6.42 Å².